The Labute approximate surface area is 78.3 Å². The minimum atomic E-state index is -0.239. The van der Waals surface area contributed by atoms with Gasteiger partial charge in [0.15, 0.2) is 0 Å². The smallest absolute Gasteiger partial charge is 0.324 e. The number of rotatable bonds is 3. The second-order valence-corrected chi connectivity index (χ2v) is 3.56. The number of nitrogens with zero attached hydrogens (tertiary/aromatic N) is 1. The Hall–Kier alpha value is -1.06. The highest BCUT2D eigenvalue weighted by Crippen LogP contribution is 2.07. The first-order chi connectivity index (χ1) is 6.13. The van der Waals surface area contributed by atoms with E-state index in [0.717, 1.165) is 13.0 Å². The second kappa shape index (κ2) is 4.25. The Morgan fingerprint density at radius 2 is 2.23 bits per heavy atom. The quantitative estimate of drug-likeness (QED) is 0.710. The number of carbonyl (C=O) groups excluding carboxylic acids is 2. The summed E-state index contributed by atoms with van der Waals surface area (Å²) in [5, 5.41) is 2.31. The third-order valence-corrected chi connectivity index (χ3v) is 2.37. The van der Waals surface area contributed by atoms with Crippen LogP contribution in [0.15, 0.2) is 0 Å². The summed E-state index contributed by atoms with van der Waals surface area (Å²) in [4.78, 5) is 23.8. The van der Waals surface area contributed by atoms with Gasteiger partial charge in [0.25, 0.3) is 0 Å². The number of hydrogen-bond acceptors (Lipinski definition) is 2. The lowest BCUT2D eigenvalue weighted by molar-refractivity contribution is -0.121. The molecule has 1 fully saturated rings. The lowest BCUT2D eigenvalue weighted by Crippen LogP contribution is -2.50. The van der Waals surface area contributed by atoms with Gasteiger partial charge in [0, 0.05) is 19.5 Å². The van der Waals surface area contributed by atoms with Crippen molar-refractivity contribution in [1.82, 2.24) is 10.2 Å². The van der Waals surface area contributed by atoms with Gasteiger partial charge in [-0.15, -0.1) is 0 Å². The molecule has 0 bridgehead atoms. The Bertz CT molecular complexity index is 216. The first-order valence-corrected chi connectivity index (χ1v) is 4.72. The van der Waals surface area contributed by atoms with Crippen molar-refractivity contribution >= 4 is 11.9 Å². The molecule has 0 aromatic rings. The number of urea groups is 1. The van der Waals surface area contributed by atoms with Crippen LogP contribution in [0.4, 0.5) is 4.79 Å². The van der Waals surface area contributed by atoms with E-state index in [0.29, 0.717) is 18.9 Å². The third kappa shape index (κ3) is 2.72. The average Bonchev–Trinajstić information content (AvgIpc) is 2.09. The molecule has 1 aliphatic rings. The van der Waals surface area contributed by atoms with Crippen molar-refractivity contribution in [3.8, 4) is 0 Å². The van der Waals surface area contributed by atoms with E-state index < -0.39 is 0 Å². The number of carbonyl (C=O) groups is 2. The highest BCUT2D eigenvalue weighted by atomic mass is 16.2. The van der Waals surface area contributed by atoms with Crippen molar-refractivity contribution in [3.05, 3.63) is 0 Å². The topological polar surface area (TPSA) is 49.4 Å². The monoisotopic (exact) mass is 184 g/mol. The summed E-state index contributed by atoms with van der Waals surface area (Å²) in [6.45, 7) is 5.51. The number of imide groups is 1. The molecule has 1 aliphatic heterocycles. The van der Waals surface area contributed by atoms with Gasteiger partial charge in [-0.1, -0.05) is 20.3 Å². The van der Waals surface area contributed by atoms with E-state index in [9.17, 15) is 9.59 Å². The molecule has 0 radical (unpaired) electrons. The van der Waals surface area contributed by atoms with Crippen LogP contribution in [0.3, 0.4) is 0 Å². The molecule has 1 heterocycles. The molecule has 0 aliphatic carbocycles. The molecule has 0 aromatic heterocycles. The van der Waals surface area contributed by atoms with Crippen LogP contribution >= 0.6 is 0 Å². The van der Waals surface area contributed by atoms with Gasteiger partial charge in [0.05, 0.1) is 0 Å². The lowest BCUT2D eigenvalue weighted by atomic mass is 10.1. The molecule has 1 saturated heterocycles. The number of hydrogen-bond donors (Lipinski definition) is 1. The van der Waals surface area contributed by atoms with Crippen LogP contribution in [0.2, 0.25) is 0 Å². The fraction of sp³-hybridized carbons (Fsp3) is 0.778. The maximum absolute atomic E-state index is 11.3. The minimum absolute atomic E-state index is 0.162. The van der Waals surface area contributed by atoms with E-state index in [1.165, 1.54) is 0 Å². The van der Waals surface area contributed by atoms with Crippen molar-refractivity contribution in [2.24, 2.45) is 5.92 Å². The fourth-order valence-corrected chi connectivity index (χ4v) is 1.28. The number of amides is 3. The highest BCUT2D eigenvalue weighted by Gasteiger charge is 2.23. The standard InChI is InChI=1S/C9H16N2O2/c1-3-7(2)6-11-5-4-8(12)10-9(11)13/h7H,3-6H2,1-2H3,(H,10,12,13). The van der Waals surface area contributed by atoms with Gasteiger partial charge in [-0.2, -0.15) is 0 Å². The van der Waals surface area contributed by atoms with Crippen molar-refractivity contribution in [3.63, 3.8) is 0 Å². The highest BCUT2D eigenvalue weighted by molar-refractivity contribution is 5.96. The molecule has 13 heavy (non-hydrogen) atoms. The van der Waals surface area contributed by atoms with Crippen molar-refractivity contribution in [2.75, 3.05) is 13.1 Å². The second-order valence-electron chi connectivity index (χ2n) is 3.56. The average molecular weight is 184 g/mol. The molecule has 4 heteroatoms. The van der Waals surface area contributed by atoms with Gasteiger partial charge in [0.2, 0.25) is 5.91 Å². The molecule has 1 atom stereocenters. The van der Waals surface area contributed by atoms with E-state index in [1.54, 1.807) is 4.90 Å². The summed E-state index contributed by atoms with van der Waals surface area (Å²) in [6.07, 6.45) is 1.49. The molecule has 4 nitrogen and oxygen atoms in total. The lowest BCUT2D eigenvalue weighted by Gasteiger charge is -2.28. The summed E-state index contributed by atoms with van der Waals surface area (Å²) < 4.78 is 0. The van der Waals surface area contributed by atoms with Crippen LogP contribution in [0.25, 0.3) is 0 Å². The van der Waals surface area contributed by atoms with E-state index >= 15 is 0 Å². The predicted molar refractivity (Wildman–Crippen MR) is 49.2 cm³/mol. The first-order valence-electron chi connectivity index (χ1n) is 4.72. The first kappa shape index (κ1) is 10.0. The van der Waals surface area contributed by atoms with Crippen LogP contribution in [0.1, 0.15) is 26.7 Å². The molecule has 3 amide bonds. The van der Waals surface area contributed by atoms with Crippen LogP contribution in [0, 0.1) is 5.92 Å². The molecule has 0 spiro atoms. The van der Waals surface area contributed by atoms with E-state index in [2.05, 4.69) is 19.2 Å². The fourth-order valence-electron chi connectivity index (χ4n) is 1.28. The van der Waals surface area contributed by atoms with E-state index in [4.69, 9.17) is 0 Å². The molecular weight excluding hydrogens is 168 g/mol. The Morgan fingerprint density at radius 3 is 2.77 bits per heavy atom. The molecule has 1 unspecified atom stereocenters. The van der Waals surface area contributed by atoms with Gasteiger partial charge >= 0.3 is 6.03 Å². The summed E-state index contributed by atoms with van der Waals surface area (Å²) in [6, 6.07) is -0.239. The summed E-state index contributed by atoms with van der Waals surface area (Å²) >= 11 is 0. The predicted octanol–water partition coefficient (Wildman–Crippen LogP) is 0.974. The molecular formula is C9H16N2O2. The Kier molecular flexibility index (Phi) is 3.28. The van der Waals surface area contributed by atoms with Gasteiger partial charge in [-0.05, 0) is 5.92 Å². The zero-order chi connectivity index (χ0) is 9.84. The van der Waals surface area contributed by atoms with Crippen molar-refractivity contribution < 1.29 is 9.59 Å². The maximum atomic E-state index is 11.3. The van der Waals surface area contributed by atoms with Crippen molar-refractivity contribution in [2.45, 2.75) is 26.7 Å². The largest absolute Gasteiger partial charge is 0.324 e. The van der Waals surface area contributed by atoms with Crippen LogP contribution in [-0.2, 0) is 4.79 Å². The molecule has 74 valence electrons. The van der Waals surface area contributed by atoms with Gasteiger partial charge in [-0.3, -0.25) is 10.1 Å². The summed E-state index contributed by atoms with van der Waals surface area (Å²) in [5.41, 5.74) is 0. The summed E-state index contributed by atoms with van der Waals surface area (Å²) in [7, 11) is 0. The third-order valence-electron chi connectivity index (χ3n) is 2.37. The van der Waals surface area contributed by atoms with Gasteiger partial charge in [0.1, 0.15) is 0 Å². The van der Waals surface area contributed by atoms with E-state index in [-0.39, 0.29) is 11.9 Å². The Balaban J connectivity index is 2.42. The maximum Gasteiger partial charge on any atom is 0.324 e. The van der Waals surface area contributed by atoms with E-state index in [1.807, 2.05) is 0 Å². The van der Waals surface area contributed by atoms with Crippen LogP contribution < -0.4 is 5.32 Å². The zero-order valence-electron chi connectivity index (χ0n) is 8.17. The molecule has 0 aromatic carbocycles. The zero-order valence-corrected chi connectivity index (χ0v) is 8.17. The molecule has 0 saturated carbocycles. The normalized spacial score (nSPS) is 20.0. The van der Waals surface area contributed by atoms with Gasteiger partial charge < -0.3 is 4.90 Å². The SMILES string of the molecule is CCC(C)CN1CCC(=O)NC1=O. The van der Waals surface area contributed by atoms with Gasteiger partial charge in [-0.25, -0.2) is 4.79 Å². The number of nitrogens with one attached hydrogen (secondary N) is 1. The Morgan fingerprint density at radius 1 is 1.54 bits per heavy atom. The molecule has 1 N–H and O–H groups in total. The molecule has 1 rings (SSSR count). The summed E-state index contributed by atoms with van der Waals surface area (Å²) in [5.74, 6) is 0.337. The van der Waals surface area contributed by atoms with Crippen LogP contribution in [-0.4, -0.2) is 29.9 Å². The van der Waals surface area contributed by atoms with Crippen molar-refractivity contribution in [1.29, 1.82) is 0 Å². The minimum Gasteiger partial charge on any atom is -0.324 e. The van der Waals surface area contributed by atoms with Crippen LogP contribution in [0.5, 0.6) is 0 Å².